The number of benzene rings is 1. The van der Waals surface area contributed by atoms with Gasteiger partial charge in [-0.2, -0.15) is 0 Å². The third-order valence-electron chi connectivity index (χ3n) is 4.83. The second-order valence-electron chi connectivity index (χ2n) is 6.87. The summed E-state index contributed by atoms with van der Waals surface area (Å²) in [6, 6.07) is 6.42. The minimum atomic E-state index is 0.450. The molecule has 0 spiro atoms. The Balaban J connectivity index is 1.93. The number of methoxy groups -OCH3 is 2. The first-order chi connectivity index (χ1) is 13.7. The molecule has 0 aliphatic carbocycles. The van der Waals surface area contributed by atoms with E-state index in [1.54, 1.807) is 14.2 Å². The van der Waals surface area contributed by atoms with E-state index < -0.39 is 0 Å². The first-order valence-electron chi connectivity index (χ1n) is 10.3. The SMILES string of the molecule is CCNC(=NCc1ccc(OC)c(OCC)c1)NC1CCN(CCOC)CC1. The third-order valence-corrected chi connectivity index (χ3v) is 4.83. The highest BCUT2D eigenvalue weighted by molar-refractivity contribution is 5.80. The molecular formula is C21H36N4O3. The quantitative estimate of drug-likeness (QED) is 0.470. The fourth-order valence-corrected chi connectivity index (χ4v) is 3.29. The Morgan fingerprint density at radius 2 is 1.96 bits per heavy atom. The molecule has 28 heavy (non-hydrogen) atoms. The maximum Gasteiger partial charge on any atom is 0.191 e. The van der Waals surface area contributed by atoms with Crippen LogP contribution in [-0.4, -0.2) is 70.5 Å². The van der Waals surface area contributed by atoms with Crippen molar-refractivity contribution in [1.82, 2.24) is 15.5 Å². The summed E-state index contributed by atoms with van der Waals surface area (Å²) in [5.74, 6) is 2.38. The summed E-state index contributed by atoms with van der Waals surface area (Å²) >= 11 is 0. The zero-order chi connectivity index (χ0) is 20.2. The van der Waals surface area contributed by atoms with Crippen molar-refractivity contribution in [3.05, 3.63) is 23.8 Å². The molecule has 1 saturated heterocycles. The van der Waals surface area contributed by atoms with Gasteiger partial charge in [-0.15, -0.1) is 0 Å². The molecule has 0 atom stereocenters. The summed E-state index contributed by atoms with van der Waals surface area (Å²) < 4.78 is 16.2. The van der Waals surface area contributed by atoms with Gasteiger partial charge in [0.05, 0.1) is 26.9 Å². The molecule has 1 aromatic carbocycles. The number of piperidine rings is 1. The Bertz CT molecular complexity index is 601. The van der Waals surface area contributed by atoms with Crippen LogP contribution in [-0.2, 0) is 11.3 Å². The molecule has 0 bridgehead atoms. The second-order valence-corrected chi connectivity index (χ2v) is 6.87. The molecule has 2 rings (SSSR count). The fourth-order valence-electron chi connectivity index (χ4n) is 3.29. The largest absolute Gasteiger partial charge is 0.493 e. The minimum absolute atomic E-state index is 0.450. The summed E-state index contributed by atoms with van der Waals surface area (Å²) in [4.78, 5) is 7.22. The van der Waals surface area contributed by atoms with Crippen LogP contribution in [0.25, 0.3) is 0 Å². The van der Waals surface area contributed by atoms with Crippen molar-refractivity contribution in [3.8, 4) is 11.5 Å². The predicted molar refractivity (Wildman–Crippen MR) is 113 cm³/mol. The van der Waals surface area contributed by atoms with E-state index in [2.05, 4.69) is 22.5 Å². The van der Waals surface area contributed by atoms with Crippen molar-refractivity contribution in [1.29, 1.82) is 0 Å². The van der Waals surface area contributed by atoms with Crippen molar-refractivity contribution in [2.24, 2.45) is 4.99 Å². The summed E-state index contributed by atoms with van der Waals surface area (Å²) in [7, 11) is 3.41. The Hall–Kier alpha value is -1.99. The maximum absolute atomic E-state index is 5.66. The first kappa shape index (κ1) is 22.3. The van der Waals surface area contributed by atoms with Gasteiger partial charge in [0.2, 0.25) is 0 Å². The number of ether oxygens (including phenoxy) is 3. The number of nitrogens with one attached hydrogen (secondary N) is 2. The highest BCUT2D eigenvalue weighted by Gasteiger charge is 2.19. The summed E-state index contributed by atoms with van der Waals surface area (Å²) in [6.07, 6.45) is 2.23. The van der Waals surface area contributed by atoms with E-state index in [4.69, 9.17) is 19.2 Å². The van der Waals surface area contributed by atoms with Crippen molar-refractivity contribution in [2.75, 3.05) is 53.6 Å². The molecule has 1 heterocycles. The number of hydrogen-bond acceptors (Lipinski definition) is 5. The van der Waals surface area contributed by atoms with Crippen LogP contribution in [0.15, 0.2) is 23.2 Å². The maximum atomic E-state index is 5.66. The molecule has 7 nitrogen and oxygen atoms in total. The number of hydrogen-bond donors (Lipinski definition) is 2. The average Bonchev–Trinajstić information content (AvgIpc) is 2.72. The lowest BCUT2D eigenvalue weighted by Gasteiger charge is -2.32. The molecule has 158 valence electrons. The lowest BCUT2D eigenvalue weighted by molar-refractivity contribution is 0.128. The van der Waals surface area contributed by atoms with Gasteiger partial charge in [0.25, 0.3) is 0 Å². The first-order valence-corrected chi connectivity index (χ1v) is 10.3. The molecular weight excluding hydrogens is 356 g/mol. The minimum Gasteiger partial charge on any atom is -0.493 e. The van der Waals surface area contributed by atoms with Gasteiger partial charge in [-0.05, 0) is 44.4 Å². The molecule has 1 fully saturated rings. The van der Waals surface area contributed by atoms with E-state index in [1.807, 2.05) is 25.1 Å². The van der Waals surface area contributed by atoms with Gasteiger partial charge in [0.15, 0.2) is 17.5 Å². The number of rotatable bonds is 10. The second kappa shape index (κ2) is 12.5. The number of aliphatic imine (C=N–C) groups is 1. The van der Waals surface area contributed by atoms with Crippen LogP contribution < -0.4 is 20.1 Å². The van der Waals surface area contributed by atoms with E-state index in [-0.39, 0.29) is 0 Å². The standard InChI is InChI=1S/C21H36N4O3/c1-5-22-21(24-18-9-11-25(12-10-18)13-14-26-3)23-16-17-7-8-19(27-4)20(15-17)28-6-2/h7-8,15,18H,5-6,9-14,16H2,1-4H3,(H2,22,23,24). The van der Waals surface area contributed by atoms with E-state index in [9.17, 15) is 0 Å². The molecule has 7 heteroatoms. The summed E-state index contributed by atoms with van der Waals surface area (Å²) in [5.41, 5.74) is 1.09. The van der Waals surface area contributed by atoms with Crippen LogP contribution in [0.1, 0.15) is 32.3 Å². The van der Waals surface area contributed by atoms with Gasteiger partial charge in [0.1, 0.15) is 0 Å². The van der Waals surface area contributed by atoms with Gasteiger partial charge in [0, 0.05) is 39.3 Å². The van der Waals surface area contributed by atoms with E-state index >= 15 is 0 Å². The van der Waals surface area contributed by atoms with Crippen LogP contribution in [0.4, 0.5) is 0 Å². The Labute approximate surface area is 169 Å². The molecule has 0 aromatic heterocycles. The zero-order valence-electron chi connectivity index (χ0n) is 17.8. The zero-order valence-corrected chi connectivity index (χ0v) is 17.8. The van der Waals surface area contributed by atoms with Crippen LogP contribution in [0.2, 0.25) is 0 Å². The van der Waals surface area contributed by atoms with E-state index in [0.29, 0.717) is 19.2 Å². The molecule has 1 aromatic rings. The van der Waals surface area contributed by atoms with E-state index in [1.165, 1.54) is 0 Å². The monoisotopic (exact) mass is 392 g/mol. The third kappa shape index (κ3) is 7.20. The van der Waals surface area contributed by atoms with Gasteiger partial charge in [-0.25, -0.2) is 4.99 Å². The molecule has 1 aliphatic rings. The smallest absolute Gasteiger partial charge is 0.191 e. The number of nitrogens with zero attached hydrogens (tertiary/aromatic N) is 2. The van der Waals surface area contributed by atoms with Gasteiger partial charge in [-0.1, -0.05) is 6.07 Å². The summed E-state index contributed by atoms with van der Waals surface area (Å²) in [6.45, 7) is 10.1. The lowest BCUT2D eigenvalue weighted by atomic mass is 10.1. The molecule has 1 aliphatic heterocycles. The average molecular weight is 393 g/mol. The Morgan fingerprint density at radius 3 is 2.61 bits per heavy atom. The highest BCUT2D eigenvalue weighted by atomic mass is 16.5. The Morgan fingerprint density at radius 1 is 1.18 bits per heavy atom. The van der Waals surface area contributed by atoms with Crippen LogP contribution in [0, 0.1) is 0 Å². The van der Waals surface area contributed by atoms with Gasteiger partial charge in [-0.3, -0.25) is 0 Å². The van der Waals surface area contributed by atoms with Crippen molar-refractivity contribution < 1.29 is 14.2 Å². The van der Waals surface area contributed by atoms with Gasteiger partial charge >= 0.3 is 0 Å². The van der Waals surface area contributed by atoms with Crippen LogP contribution in [0.5, 0.6) is 11.5 Å². The predicted octanol–water partition coefficient (Wildman–Crippen LogP) is 2.26. The van der Waals surface area contributed by atoms with Crippen molar-refractivity contribution >= 4 is 5.96 Å². The lowest BCUT2D eigenvalue weighted by Crippen LogP contribution is -2.49. The highest BCUT2D eigenvalue weighted by Crippen LogP contribution is 2.28. The normalized spacial score (nSPS) is 16.1. The summed E-state index contributed by atoms with van der Waals surface area (Å²) in [5, 5.41) is 6.95. The van der Waals surface area contributed by atoms with E-state index in [0.717, 1.165) is 68.6 Å². The molecule has 0 saturated carbocycles. The van der Waals surface area contributed by atoms with Crippen molar-refractivity contribution in [3.63, 3.8) is 0 Å². The fraction of sp³-hybridized carbons (Fsp3) is 0.667. The molecule has 0 amide bonds. The molecule has 0 radical (unpaired) electrons. The van der Waals surface area contributed by atoms with Crippen molar-refractivity contribution in [2.45, 2.75) is 39.3 Å². The number of guanidine groups is 1. The molecule has 0 unspecified atom stereocenters. The topological polar surface area (TPSA) is 67.4 Å². The Kier molecular flexibility index (Phi) is 9.93. The van der Waals surface area contributed by atoms with Gasteiger partial charge < -0.3 is 29.7 Å². The van der Waals surface area contributed by atoms with Crippen LogP contribution in [0.3, 0.4) is 0 Å². The van der Waals surface area contributed by atoms with Crippen LogP contribution >= 0.6 is 0 Å². The number of likely N-dealkylation sites (tertiary alicyclic amines) is 1. The molecule has 2 N–H and O–H groups in total.